The van der Waals surface area contributed by atoms with E-state index in [2.05, 4.69) is 0 Å². The first kappa shape index (κ1) is 10.4. The van der Waals surface area contributed by atoms with Crippen molar-refractivity contribution in [2.24, 2.45) is 11.7 Å². The first-order valence-electron chi connectivity index (χ1n) is 4.44. The van der Waals surface area contributed by atoms with Gasteiger partial charge in [0.2, 0.25) is 5.91 Å². The molecule has 0 bridgehead atoms. The molecule has 1 amide bonds. The summed E-state index contributed by atoms with van der Waals surface area (Å²) in [4.78, 5) is 12.9. The van der Waals surface area contributed by atoms with Crippen molar-refractivity contribution >= 4 is 5.91 Å². The Hall–Kier alpha value is -0.650. The van der Waals surface area contributed by atoms with Gasteiger partial charge in [0.15, 0.2) is 0 Å². The third kappa shape index (κ3) is 2.95. The van der Waals surface area contributed by atoms with Crippen molar-refractivity contribution in [3.63, 3.8) is 0 Å². The summed E-state index contributed by atoms with van der Waals surface area (Å²) in [5, 5.41) is 8.71. The second-order valence-electron chi connectivity index (χ2n) is 3.19. The lowest BCUT2D eigenvalue weighted by Gasteiger charge is -2.38. The molecule has 3 N–H and O–H groups in total. The van der Waals surface area contributed by atoms with Crippen molar-refractivity contribution < 1.29 is 14.6 Å². The molecule has 0 unspecified atom stereocenters. The Balaban J connectivity index is 2.05. The Bertz CT molecular complexity index is 169. The normalized spacial score (nSPS) is 17.2. The number of ether oxygens (including phenoxy) is 1. The maximum Gasteiger partial charge on any atom is 0.248 e. The highest BCUT2D eigenvalue weighted by Crippen LogP contribution is 2.14. The molecule has 5 heteroatoms. The zero-order valence-electron chi connectivity index (χ0n) is 7.61. The van der Waals surface area contributed by atoms with Crippen LogP contribution in [-0.2, 0) is 9.53 Å². The highest BCUT2D eigenvalue weighted by Gasteiger charge is 2.29. The summed E-state index contributed by atoms with van der Waals surface area (Å²) < 4.78 is 4.99. The summed E-state index contributed by atoms with van der Waals surface area (Å²) in [6.07, 6.45) is 0. The fourth-order valence-electron chi connectivity index (χ4n) is 1.22. The van der Waals surface area contributed by atoms with Crippen LogP contribution < -0.4 is 5.73 Å². The lowest BCUT2D eigenvalue weighted by Crippen LogP contribution is -2.52. The number of nitrogens with two attached hydrogens (primary N) is 1. The third-order valence-corrected chi connectivity index (χ3v) is 2.06. The molecule has 1 saturated heterocycles. The van der Waals surface area contributed by atoms with Gasteiger partial charge in [0.25, 0.3) is 0 Å². The molecule has 0 aromatic carbocycles. The van der Waals surface area contributed by atoms with Gasteiger partial charge in [-0.2, -0.15) is 0 Å². The largest absolute Gasteiger partial charge is 0.396 e. The maximum absolute atomic E-state index is 11.2. The highest BCUT2D eigenvalue weighted by atomic mass is 16.5. The minimum Gasteiger partial charge on any atom is -0.396 e. The fourth-order valence-corrected chi connectivity index (χ4v) is 1.22. The van der Waals surface area contributed by atoms with E-state index in [0.717, 1.165) is 0 Å². The van der Waals surface area contributed by atoms with Crippen molar-refractivity contribution in [3.05, 3.63) is 0 Å². The Kier molecular flexibility index (Phi) is 4.14. The molecule has 1 heterocycles. The number of rotatable bonds is 5. The lowest BCUT2D eigenvalue weighted by molar-refractivity contribution is -0.143. The molecule has 1 aliphatic heterocycles. The van der Waals surface area contributed by atoms with E-state index in [0.29, 0.717) is 26.2 Å². The average Bonchev–Trinajstić information content (AvgIpc) is 2.03. The van der Waals surface area contributed by atoms with Crippen molar-refractivity contribution in [2.45, 2.75) is 0 Å². The fraction of sp³-hybridized carbons (Fsp3) is 0.875. The van der Waals surface area contributed by atoms with Gasteiger partial charge < -0.3 is 20.5 Å². The number of amides is 1. The standard InChI is InChI=1S/C8H16N2O3/c9-1-2-13-6-8(12)10-3-7(4-10)5-11/h7,11H,1-6,9H2. The summed E-state index contributed by atoms with van der Waals surface area (Å²) in [7, 11) is 0. The Morgan fingerprint density at radius 1 is 1.62 bits per heavy atom. The van der Waals surface area contributed by atoms with Crippen LogP contribution in [0.4, 0.5) is 0 Å². The minimum absolute atomic E-state index is 0.0156. The van der Waals surface area contributed by atoms with Gasteiger partial charge in [-0.05, 0) is 0 Å². The number of carbonyl (C=O) groups excluding carboxylic acids is 1. The van der Waals surface area contributed by atoms with Gasteiger partial charge in [0, 0.05) is 32.2 Å². The Labute approximate surface area is 77.5 Å². The quantitative estimate of drug-likeness (QED) is 0.510. The summed E-state index contributed by atoms with van der Waals surface area (Å²) in [6.45, 7) is 2.43. The van der Waals surface area contributed by atoms with Gasteiger partial charge in [-0.25, -0.2) is 0 Å². The maximum atomic E-state index is 11.2. The van der Waals surface area contributed by atoms with Gasteiger partial charge in [-0.1, -0.05) is 0 Å². The SMILES string of the molecule is NCCOCC(=O)N1CC(CO)C1. The number of nitrogens with zero attached hydrogens (tertiary/aromatic N) is 1. The van der Waals surface area contributed by atoms with Gasteiger partial charge in [0.1, 0.15) is 6.61 Å². The monoisotopic (exact) mass is 188 g/mol. The van der Waals surface area contributed by atoms with Gasteiger partial charge in [-0.3, -0.25) is 4.79 Å². The van der Waals surface area contributed by atoms with Crippen LogP contribution in [0.1, 0.15) is 0 Å². The topological polar surface area (TPSA) is 75.8 Å². The summed E-state index contributed by atoms with van der Waals surface area (Å²) in [5.41, 5.74) is 5.20. The van der Waals surface area contributed by atoms with Crippen LogP contribution >= 0.6 is 0 Å². The Morgan fingerprint density at radius 2 is 2.31 bits per heavy atom. The van der Waals surface area contributed by atoms with E-state index in [1.165, 1.54) is 0 Å². The molecular weight excluding hydrogens is 172 g/mol. The predicted molar refractivity (Wildman–Crippen MR) is 47.0 cm³/mol. The van der Waals surface area contributed by atoms with Crippen LogP contribution in [0.3, 0.4) is 0 Å². The second-order valence-corrected chi connectivity index (χ2v) is 3.19. The molecule has 5 nitrogen and oxygen atoms in total. The number of likely N-dealkylation sites (tertiary alicyclic amines) is 1. The van der Waals surface area contributed by atoms with Crippen molar-refractivity contribution in [3.8, 4) is 0 Å². The van der Waals surface area contributed by atoms with Crippen LogP contribution in [0.5, 0.6) is 0 Å². The number of aliphatic hydroxyl groups excluding tert-OH is 1. The van der Waals surface area contributed by atoms with Gasteiger partial charge >= 0.3 is 0 Å². The van der Waals surface area contributed by atoms with Crippen LogP contribution in [-0.4, -0.2) is 55.4 Å². The zero-order valence-corrected chi connectivity index (χ0v) is 7.61. The van der Waals surface area contributed by atoms with Gasteiger partial charge in [-0.15, -0.1) is 0 Å². The van der Waals surface area contributed by atoms with E-state index in [9.17, 15) is 4.79 Å². The van der Waals surface area contributed by atoms with Crippen LogP contribution in [0.25, 0.3) is 0 Å². The van der Waals surface area contributed by atoms with Crippen LogP contribution in [0.2, 0.25) is 0 Å². The van der Waals surface area contributed by atoms with E-state index < -0.39 is 0 Å². The zero-order chi connectivity index (χ0) is 9.68. The molecule has 0 aromatic heterocycles. The molecule has 1 fully saturated rings. The van der Waals surface area contributed by atoms with E-state index in [-0.39, 0.29) is 25.0 Å². The van der Waals surface area contributed by atoms with Crippen molar-refractivity contribution in [1.29, 1.82) is 0 Å². The molecule has 1 rings (SSSR count). The molecule has 0 aromatic rings. The predicted octanol–water partition coefficient (Wildman–Crippen LogP) is -1.59. The molecule has 0 atom stereocenters. The number of hydrogen-bond acceptors (Lipinski definition) is 4. The van der Waals surface area contributed by atoms with E-state index >= 15 is 0 Å². The molecular formula is C8H16N2O3. The van der Waals surface area contributed by atoms with Crippen LogP contribution in [0.15, 0.2) is 0 Å². The Morgan fingerprint density at radius 3 is 2.85 bits per heavy atom. The van der Waals surface area contributed by atoms with E-state index in [4.69, 9.17) is 15.6 Å². The minimum atomic E-state index is -0.0156. The highest BCUT2D eigenvalue weighted by molar-refractivity contribution is 5.78. The first-order chi connectivity index (χ1) is 6.27. The summed E-state index contributed by atoms with van der Waals surface area (Å²) in [5.74, 6) is 0.247. The molecule has 1 aliphatic rings. The lowest BCUT2D eigenvalue weighted by atomic mass is 10.0. The van der Waals surface area contributed by atoms with E-state index in [1.54, 1.807) is 4.90 Å². The summed E-state index contributed by atoms with van der Waals surface area (Å²) in [6, 6.07) is 0. The number of hydrogen-bond donors (Lipinski definition) is 2. The molecule has 0 spiro atoms. The van der Waals surface area contributed by atoms with Crippen molar-refractivity contribution in [2.75, 3.05) is 39.5 Å². The number of aliphatic hydroxyl groups is 1. The second kappa shape index (κ2) is 5.16. The molecule has 0 saturated carbocycles. The third-order valence-electron chi connectivity index (χ3n) is 2.06. The molecule has 0 aliphatic carbocycles. The van der Waals surface area contributed by atoms with Crippen molar-refractivity contribution in [1.82, 2.24) is 4.90 Å². The van der Waals surface area contributed by atoms with E-state index in [1.807, 2.05) is 0 Å². The molecule has 13 heavy (non-hydrogen) atoms. The number of carbonyl (C=O) groups is 1. The van der Waals surface area contributed by atoms with Crippen LogP contribution in [0, 0.1) is 5.92 Å². The van der Waals surface area contributed by atoms with Gasteiger partial charge in [0.05, 0.1) is 6.61 Å². The first-order valence-corrected chi connectivity index (χ1v) is 4.44. The summed E-state index contributed by atoms with van der Waals surface area (Å²) >= 11 is 0. The smallest absolute Gasteiger partial charge is 0.248 e. The average molecular weight is 188 g/mol. The molecule has 76 valence electrons. The molecule has 0 radical (unpaired) electrons.